The normalized spacial score (nSPS) is 14.8. The summed E-state index contributed by atoms with van der Waals surface area (Å²) in [6, 6.07) is 13.8. The van der Waals surface area contributed by atoms with Crippen LogP contribution in [-0.4, -0.2) is 47.6 Å². The molecule has 0 aromatic heterocycles. The second kappa shape index (κ2) is 10.0. The third-order valence-electron chi connectivity index (χ3n) is 4.97. The number of hydrogen-bond donors (Lipinski definition) is 1. The number of unbranched alkanes of at least 4 members (excludes halogenated alkanes) is 1. The molecule has 2 aromatic carbocycles. The first-order valence-electron chi connectivity index (χ1n) is 9.35. The Bertz CT molecular complexity index is 1020. The molecule has 0 spiro atoms. The maximum absolute atomic E-state index is 12.3. The zero-order valence-corrected chi connectivity index (χ0v) is 18.8. The molecule has 9 heteroatoms. The fraction of sp³-hybridized carbons (Fsp3) is 0.400. The van der Waals surface area contributed by atoms with Crippen molar-refractivity contribution in [2.45, 2.75) is 35.6 Å². The van der Waals surface area contributed by atoms with Crippen LogP contribution in [-0.2, 0) is 32.8 Å². The van der Waals surface area contributed by atoms with Crippen molar-refractivity contribution in [3.05, 3.63) is 59.7 Å². The Labute approximate surface area is 179 Å². The molecule has 0 saturated carbocycles. The molecule has 2 aromatic rings. The van der Waals surface area contributed by atoms with Crippen molar-refractivity contribution in [3.63, 3.8) is 0 Å². The molecule has 0 radical (unpaired) electrons. The minimum atomic E-state index is -3.63. The summed E-state index contributed by atoms with van der Waals surface area (Å²) in [5.41, 5.74) is 2.81. The van der Waals surface area contributed by atoms with Crippen LogP contribution in [0.2, 0.25) is 0 Å². The van der Waals surface area contributed by atoms with Crippen LogP contribution in [0, 0.1) is 0 Å². The fourth-order valence-corrected chi connectivity index (χ4v) is 5.07. The lowest BCUT2D eigenvalue weighted by molar-refractivity contribution is 0.249. The monoisotopic (exact) mass is 458 g/mol. The van der Waals surface area contributed by atoms with E-state index >= 15 is 0 Å². The van der Waals surface area contributed by atoms with Crippen molar-refractivity contribution in [2.75, 3.05) is 25.9 Å². The summed E-state index contributed by atoms with van der Waals surface area (Å²) in [5, 5.41) is 0. The number of nitrogens with zero attached hydrogens (tertiary/aromatic N) is 1. The smallest absolute Gasteiger partial charge is 0.240 e. The van der Waals surface area contributed by atoms with Crippen molar-refractivity contribution < 1.29 is 16.8 Å². The second-order valence-electron chi connectivity index (χ2n) is 7.14. The average molecular weight is 459 g/mol. The van der Waals surface area contributed by atoms with Gasteiger partial charge >= 0.3 is 0 Å². The van der Waals surface area contributed by atoms with Crippen molar-refractivity contribution in [1.29, 1.82) is 0 Å². The molecular formula is C20H27ClN2O4S2. The number of nitrogens with one attached hydrogen (secondary N) is 1. The van der Waals surface area contributed by atoms with E-state index in [9.17, 15) is 16.8 Å². The van der Waals surface area contributed by atoms with E-state index in [0.29, 0.717) is 6.54 Å². The lowest BCUT2D eigenvalue weighted by Crippen LogP contribution is -2.32. The maximum atomic E-state index is 12.3. The first-order valence-corrected chi connectivity index (χ1v) is 12.7. The summed E-state index contributed by atoms with van der Waals surface area (Å²) >= 11 is 0. The molecule has 0 fully saturated rings. The quantitative estimate of drug-likeness (QED) is 0.615. The molecule has 1 N–H and O–H groups in total. The zero-order chi connectivity index (χ0) is 20.2. The number of sulfone groups is 1. The van der Waals surface area contributed by atoms with Gasteiger partial charge in [0.05, 0.1) is 9.79 Å². The van der Waals surface area contributed by atoms with Gasteiger partial charge in [-0.1, -0.05) is 24.3 Å². The lowest BCUT2D eigenvalue weighted by Gasteiger charge is -2.28. The lowest BCUT2D eigenvalue weighted by atomic mass is 10.00. The molecule has 0 atom stereocenters. The van der Waals surface area contributed by atoms with Crippen molar-refractivity contribution in [1.82, 2.24) is 9.62 Å². The number of fused-ring (bicyclic) bond motifs is 1. The number of benzene rings is 2. The first-order chi connectivity index (χ1) is 13.3. The first kappa shape index (κ1) is 23.8. The van der Waals surface area contributed by atoms with E-state index in [-0.39, 0.29) is 22.2 Å². The summed E-state index contributed by atoms with van der Waals surface area (Å²) in [5.74, 6) is 0. The van der Waals surface area contributed by atoms with E-state index in [1.54, 1.807) is 0 Å². The Morgan fingerprint density at radius 2 is 1.52 bits per heavy atom. The van der Waals surface area contributed by atoms with E-state index < -0.39 is 19.9 Å². The SMILES string of the molecule is CS(=O)(=O)c1ccc(S(=O)(=O)NCCCCN2CCc3ccccc3C2)cc1.Cl. The summed E-state index contributed by atoms with van der Waals surface area (Å²) in [7, 11) is -6.96. The highest BCUT2D eigenvalue weighted by Gasteiger charge is 2.16. The van der Waals surface area contributed by atoms with Gasteiger partial charge in [0.25, 0.3) is 0 Å². The molecule has 0 bridgehead atoms. The number of sulfonamides is 1. The van der Waals surface area contributed by atoms with Crippen LogP contribution >= 0.6 is 12.4 Å². The highest BCUT2D eigenvalue weighted by Crippen LogP contribution is 2.19. The van der Waals surface area contributed by atoms with E-state index in [1.807, 2.05) is 0 Å². The molecule has 6 nitrogen and oxygen atoms in total. The Balaban J connectivity index is 0.00000300. The molecule has 0 saturated heterocycles. The topological polar surface area (TPSA) is 83.5 Å². The largest absolute Gasteiger partial charge is 0.299 e. The minimum absolute atomic E-state index is 0. The molecule has 160 valence electrons. The van der Waals surface area contributed by atoms with E-state index in [0.717, 1.165) is 45.2 Å². The Hall–Kier alpha value is -1.45. The molecule has 0 aliphatic carbocycles. The van der Waals surface area contributed by atoms with Crippen molar-refractivity contribution in [2.24, 2.45) is 0 Å². The predicted molar refractivity (Wildman–Crippen MR) is 117 cm³/mol. The molecule has 29 heavy (non-hydrogen) atoms. The molecule has 1 aliphatic rings. The van der Waals surface area contributed by atoms with Gasteiger partial charge in [-0.2, -0.15) is 0 Å². The standard InChI is InChI=1S/C20H26N2O4S2.ClH/c1-27(23,24)19-8-10-20(11-9-19)28(25,26)21-13-4-5-14-22-15-12-17-6-2-3-7-18(17)16-22;/h2-3,6-11,21H,4-5,12-16H2,1H3;1H. The van der Waals surface area contributed by atoms with Crippen LogP contribution in [0.5, 0.6) is 0 Å². The van der Waals surface area contributed by atoms with E-state index in [4.69, 9.17) is 0 Å². The fourth-order valence-electron chi connectivity index (χ4n) is 3.36. The van der Waals surface area contributed by atoms with Gasteiger partial charge in [-0.25, -0.2) is 21.6 Å². The maximum Gasteiger partial charge on any atom is 0.240 e. The molecule has 1 aliphatic heterocycles. The van der Waals surface area contributed by atoms with Crippen LogP contribution in [0.3, 0.4) is 0 Å². The molecule has 0 unspecified atom stereocenters. The van der Waals surface area contributed by atoms with Gasteiger partial charge in [-0.05, 0) is 61.2 Å². The highest BCUT2D eigenvalue weighted by atomic mass is 35.5. The van der Waals surface area contributed by atoms with Crippen LogP contribution in [0.1, 0.15) is 24.0 Å². The van der Waals surface area contributed by atoms with Gasteiger partial charge in [-0.15, -0.1) is 12.4 Å². The van der Waals surface area contributed by atoms with E-state index in [2.05, 4.69) is 33.9 Å². The van der Waals surface area contributed by atoms with Crippen LogP contribution in [0.25, 0.3) is 0 Å². The number of halogens is 1. The van der Waals surface area contributed by atoms with Gasteiger partial charge in [0.1, 0.15) is 0 Å². The third-order valence-corrected chi connectivity index (χ3v) is 7.57. The summed E-state index contributed by atoms with van der Waals surface area (Å²) in [6.07, 6.45) is 3.82. The van der Waals surface area contributed by atoms with E-state index in [1.165, 1.54) is 35.4 Å². The third kappa shape index (κ3) is 6.52. The molecule has 0 amide bonds. The van der Waals surface area contributed by atoms with Crippen LogP contribution in [0.4, 0.5) is 0 Å². The Morgan fingerprint density at radius 3 is 2.17 bits per heavy atom. The highest BCUT2D eigenvalue weighted by molar-refractivity contribution is 7.90. The summed E-state index contributed by atoms with van der Waals surface area (Å²) < 4.78 is 50.2. The van der Waals surface area contributed by atoms with Gasteiger partial charge in [0.15, 0.2) is 9.84 Å². The summed E-state index contributed by atoms with van der Waals surface area (Å²) in [6.45, 7) is 3.30. The zero-order valence-electron chi connectivity index (χ0n) is 16.4. The number of hydrogen-bond acceptors (Lipinski definition) is 5. The molecule has 1 heterocycles. The van der Waals surface area contributed by atoms with Crippen molar-refractivity contribution in [3.8, 4) is 0 Å². The summed E-state index contributed by atoms with van der Waals surface area (Å²) in [4.78, 5) is 2.59. The second-order valence-corrected chi connectivity index (χ2v) is 10.9. The Morgan fingerprint density at radius 1 is 0.897 bits per heavy atom. The number of rotatable bonds is 8. The molecular weight excluding hydrogens is 432 g/mol. The van der Waals surface area contributed by atoms with Gasteiger partial charge in [0, 0.05) is 25.9 Å². The predicted octanol–water partition coefficient (Wildman–Crippen LogP) is 2.63. The van der Waals surface area contributed by atoms with Crippen LogP contribution in [0.15, 0.2) is 58.3 Å². The minimum Gasteiger partial charge on any atom is -0.299 e. The average Bonchev–Trinajstić information content (AvgIpc) is 2.67. The van der Waals surface area contributed by atoms with Gasteiger partial charge < -0.3 is 0 Å². The van der Waals surface area contributed by atoms with Gasteiger partial charge in [-0.3, -0.25) is 4.90 Å². The Kier molecular flexibility index (Phi) is 8.25. The van der Waals surface area contributed by atoms with Crippen LogP contribution < -0.4 is 4.72 Å². The van der Waals surface area contributed by atoms with Gasteiger partial charge in [0.2, 0.25) is 10.0 Å². The molecule has 3 rings (SSSR count). The van der Waals surface area contributed by atoms with Crippen molar-refractivity contribution >= 4 is 32.3 Å².